The van der Waals surface area contributed by atoms with E-state index in [0.29, 0.717) is 35.1 Å². The highest BCUT2D eigenvalue weighted by Gasteiger charge is 2.31. The summed E-state index contributed by atoms with van der Waals surface area (Å²) < 4.78 is 25.3. The van der Waals surface area contributed by atoms with Crippen molar-refractivity contribution in [2.75, 3.05) is 24.2 Å². The van der Waals surface area contributed by atoms with Crippen LogP contribution in [0.4, 0.5) is 5.69 Å². The van der Waals surface area contributed by atoms with Gasteiger partial charge in [-0.25, -0.2) is 12.7 Å². The van der Waals surface area contributed by atoms with E-state index in [9.17, 15) is 13.2 Å². The van der Waals surface area contributed by atoms with Gasteiger partial charge in [-0.3, -0.25) is 4.79 Å². The molecule has 0 saturated carbocycles. The van der Waals surface area contributed by atoms with E-state index in [1.54, 1.807) is 25.1 Å². The molecule has 1 atom stereocenters. The molecule has 0 aromatic heterocycles. The minimum absolute atomic E-state index is 0.0394. The second kappa shape index (κ2) is 7.17. The lowest BCUT2D eigenvalue weighted by atomic mass is 9.98. The number of anilines is 1. The summed E-state index contributed by atoms with van der Waals surface area (Å²) in [5.74, 6) is -0.620. The number of nitrogens with zero attached hydrogens (tertiary/aromatic N) is 1. The van der Waals surface area contributed by atoms with Gasteiger partial charge in [0.15, 0.2) is 0 Å². The number of rotatable bonds is 4. The summed E-state index contributed by atoms with van der Waals surface area (Å²) in [6, 6.07) is 4.96. The van der Waals surface area contributed by atoms with E-state index in [1.807, 2.05) is 0 Å². The number of halogens is 2. The molecule has 1 aromatic carbocycles. The van der Waals surface area contributed by atoms with Gasteiger partial charge in [-0.2, -0.15) is 0 Å². The highest BCUT2D eigenvalue weighted by Crippen LogP contribution is 2.31. The van der Waals surface area contributed by atoms with E-state index >= 15 is 0 Å². The fraction of sp³-hybridized carbons (Fsp3) is 0.500. The summed E-state index contributed by atoms with van der Waals surface area (Å²) in [4.78, 5) is 12.4. The van der Waals surface area contributed by atoms with Gasteiger partial charge in [0.25, 0.3) is 0 Å². The number of para-hydroxylation sites is 1. The number of carbonyl (C=O) groups is 1. The number of amides is 1. The van der Waals surface area contributed by atoms with Crippen LogP contribution in [0.3, 0.4) is 0 Å². The molecule has 1 aromatic rings. The van der Waals surface area contributed by atoms with Crippen LogP contribution in [-0.2, 0) is 14.8 Å². The maximum atomic E-state index is 12.4. The minimum atomic E-state index is -3.28. The van der Waals surface area contributed by atoms with E-state index in [2.05, 4.69) is 5.32 Å². The Morgan fingerprint density at radius 3 is 2.59 bits per heavy atom. The van der Waals surface area contributed by atoms with Gasteiger partial charge in [0.05, 0.1) is 27.4 Å². The number of hydrogen-bond acceptors (Lipinski definition) is 3. The Balaban J connectivity index is 2.10. The van der Waals surface area contributed by atoms with Crippen LogP contribution in [0, 0.1) is 5.92 Å². The van der Waals surface area contributed by atoms with E-state index in [-0.39, 0.29) is 18.2 Å². The van der Waals surface area contributed by atoms with Crippen molar-refractivity contribution in [3.63, 3.8) is 0 Å². The quantitative estimate of drug-likeness (QED) is 0.892. The van der Waals surface area contributed by atoms with Crippen LogP contribution < -0.4 is 5.32 Å². The largest absolute Gasteiger partial charge is 0.323 e. The molecular weight excluding hydrogens is 347 g/mol. The van der Waals surface area contributed by atoms with Crippen LogP contribution in [0.1, 0.15) is 19.8 Å². The Morgan fingerprint density at radius 2 is 2.00 bits per heavy atom. The third-order valence-corrected chi connectivity index (χ3v) is 6.20. The molecule has 2 rings (SSSR count). The predicted molar refractivity (Wildman–Crippen MR) is 88.8 cm³/mol. The Morgan fingerprint density at radius 1 is 1.36 bits per heavy atom. The molecule has 1 aliphatic rings. The van der Waals surface area contributed by atoms with Crippen molar-refractivity contribution in [2.24, 2.45) is 5.92 Å². The molecule has 1 N–H and O–H groups in total. The molecule has 0 aliphatic carbocycles. The average Bonchev–Trinajstić information content (AvgIpc) is 2.51. The van der Waals surface area contributed by atoms with Crippen molar-refractivity contribution in [2.45, 2.75) is 19.8 Å². The zero-order valence-corrected chi connectivity index (χ0v) is 14.5. The second-order valence-corrected chi connectivity index (χ2v) is 8.26. The summed E-state index contributed by atoms with van der Waals surface area (Å²) >= 11 is 12.1. The van der Waals surface area contributed by atoms with Crippen LogP contribution in [0.5, 0.6) is 0 Å². The van der Waals surface area contributed by atoms with Crippen molar-refractivity contribution in [3.05, 3.63) is 28.2 Å². The summed E-state index contributed by atoms with van der Waals surface area (Å²) in [6.07, 6.45) is 1.30. The van der Waals surface area contributed by atoms with Crippen LogP contribution in [-0.4, -0.2) is 37.5 Å². The van der Waals surface area contributed by atoms with Gasteiger partial charge in [-0.1, -0.05) is 29.3 Å². The second-order valence-electron chi connectivity index (χ2n) is 5.18. The van der Waals surface area contributed by atoms with Crippen molar-refractivity contribution < 1.29 is 13.2 Å². The van der Waals surface area contributed by atoms with Crippen molar-refractivity contribution in [1.82, 2.24) is 4.31 Å². The molecule has 1 saturated heterocycles. The first-order valence-corrected chi connectivity index (χ1v) is 9.44. The lowest BCUT2D eigenvalue weighted by Crippen LogP contribution is -2.44. The standard InChI is InChI=1S/C14H18Cl2N2O3S/c1-2-22(20,21)18-8-4-5-10(9-18)14(19)17-13-11(15)6-3-7-12(13)16/h3,6-7,10H,2,4-5,8-9H2,1H3,(H,17,19)/t10-/m1/s1. The third-order valence-electron chi connectivity index (χ3n) is 3.72. The molecule has 0 unspecified atom stereocenters. The molecular formula is C14H18Cl2N2O3S. The highest BCUT2D eigenvalue weighted by atomic mass is 35.5. The zero-order valence-electron chi connectivity index (χ0n) is 12.2. The SMILES string of the molecule is CCS(=O)(=O)N1CCC[C@@H](C(=O)Nc2c(Cl)cccc2Cl)C1. The number of hydrogen-bond donors (Lipinski definition) is 1. The highest BCUT2D eigenvalue weighted by molar-refractivity contribution is 7.89. The van der Waals surface area contributed by atoms with Crippen molar-refractivity contribution in [1.29, 1.82) is 0 Å². The van der Waals surface area contributed by atoms with Crippen molar-refractivity contribution in [3.8, 4) is 0 Å². The Bertz CT molecular complexity index is 644. The van der Waals surface area contributed by atoms with E-state index < -0.39 is 15.9 Å². The Hall–Kier alpha value is -0.820. The summed E-state index contributed by atoms with van der Waals surface area (Å²) in [5.41, 5.74) is 0.367. The molecule has 1 heterocycles. The molecule has 0 radical (unpaired) electrons. The molecule has 0 bridgehead atoms. The van der Waals surface area contributed by atoms with E-state index in [1.165, 1.54) is 4.31 Å². The van der Waals surface area contributed by atoms with E-state index in [0.717, 1.165) is 0 Å². The first-order valence-electron chi connectivity index (χ1n) is 7.08. The zero-order chi connectivity index (χ0) is 16.3. The Kier molecular flexibility index (Phi) is 5.71. The first-order chi connectivity index (χ1) is 10.3. The van der Waals surface area contributed by atoms with Gasteiger partial charge in [-0.15, -0.1) is 0 Å². The third kappa shape index (κ3) is 3.93. The topological polar surface area (TPSA) is 66.5 Å². The van der Waals surface area contributed by atoms with Gasteiger partial charge < -0.3 is 5.32 Å². The van der Waals surface area contributed by atoms with Crippen LogP contribution in [0.25, 0.3) is 0 Å². The Labute approximate surface area is 140 Å². The number of benzene rings is 1. The molecule has 1 amide bonds. The summed E-state index contributed by atoms with van der Waals surface area (Å²) in [5, 5.41) is 3.43. The van der Waals surface area contributed by atoms with Crippen LogP contribution >= 0.6 is 23.2 Å². The summed E-state index contributed by atoms with van der Waals surface area (Å²) in [6.45, 7) is 2.26. The molecule has 5 nitrogen and oxygen atoms in total. The molecule has 8 heteroatoms. The molecule has 0 spiro atoms. The maximum Gasteiger partial charge on any atom is 0.228 e. The predicted octanol–water partition coefficient (Wildman–Crippen LogP) is 2.99. The molecule has 122 valence electrons. The number of carbonyl (C=O) groups excluding carboxylic acids is 1. The fourth-order valence-electron chi connectivity index (χ4n) is 2.43. The fourth-order valence-corrected chi connectivity index (χ4v) is 4.11. The van der Waals surface area contributed by atoms with Crippen LogP contribution in [0.2, 0.25) is 10.0 Å². The maximum absolute atomic E-state index is 12.4. The van der Waals surface area contributed by atoms with Gasteiger partial charge >= 0.3 is 0 Å². The van der Waals surface area contributed by atoms with E-state index in [4.69, 9.17) is 23.2 Å². The van der Waals surface area contributed by atoms with Gasteiger partial charge in [0, 0.05) is 13.1 Å². The van der Waals surface area contributed by atoms with Gasteiger partial charge in [0.2, 0.25) is 15.9 Å². The molecule has 1 aliphatic heterocycles. The van der Waals surface area contributed by atoms with Crippen molar-refractivity contribution >= 4 is 44.8 Å². The lowest BCUT2D eigenvalue weighted by Gasteiger charge is -2.31. The minimum Gasteiger partial charge on any atom is -0.323 e. The number of piperidine rings is 1. The summed E-state index contributed by atoms with van der Waals surface area (Å²) in [7, 11) is -3.28. The monoisotopic (exact) mass is 364 g/mol. The average molecular weight is 365 g/mol. The lowest BCUT2D eigenvalue weighted by molar-refractivity contribution is -0.120. The normalized spacial score (nSPS) is 19.9. The van der Waals surface area contributed by atoms with Gasteiger partial charge in [0.1, 0.15) is 0 Å². The van der Waals surface area contributed by atoms with Gasteiger partial charge in [-0.05, 0) is 31.9 Å². The molecule has 1 fully saturated rings. The first kappa shape index (κ1) is 17.5. The number of sulfonamides is 1. The smallest absolute Gasteiger partial charge is 0.228 e. The number of nitrogens with one attached hydrogen (secondary N) is 1. The molecule has 22 heavy (non-hydrogen) atoms. The van der Waals surface area contributed by atoms with Crippen LogP contribution in [0.15, 0.2) is 18.2 Å².